The summed E-state index contributed by atoms with van der Waals surface area (Å²) in [7, 11) is 0. The predicted molar refractivity (Wildman–Crippen MR) is 86.8 cm³/mol. The van der Waals surface area contributed by atoms with E-state index in [2.05, 4.69) is 19.9 Å². The molecule has 0 heterocycles. The highest BCUT2D eigenvalue weighted by Crippen LogP contribution is 2.44. The maximum Gasteiger partial charge on any atom is 0.0516 e. The molecule has 0 aromatic heterocycles. The molecule has 0 aliphatic heterocycles. The highest BCUT2D eigenvalue weighted by Gasteiger charge is 2.38. The zero-order valence-corrected chi connectivity index (χ0v) is 14.0. The summed E-state index contributed by atoms with van der Waals surface area (Å²) in [6.45, 7) is 4.36. The molecule has 1 saturated carbocycles. The largest absolute Gasteiger partial charge is 0.549 e. The first-order valence-electron chi connectivity index (χ1n) is 9.06. The van der Waals surface area contributed by atoms with Crippen LogP contribution in [-0.2, 0) is 4.79 Å². The van der Waals surface area contributed by atoms with Crippen molar-refractivity contribution in [2.45, 2.75) is 90.9 Å². The summed E-state index contributed by atoms with van der Waals surface area (Å²) in [5.41, 5.74) is -0.697. The van der Waals surface area contributed by atoms with Crippen molar-refractivity contribution in [3.63, 3.8) is 0 Å². The molecular weight excluding hydrogens is 260 g/mol. The fourth-order valence-electron chi connectivity index (χ4n) is 3.67. The topological polar surface area (TPSA) is 40.1 Å². The quantitative estimate of drug-likeness (QED) is 0.411. The van der Waals surface area contributed by atoms with E-state index in [1.165, 1.54) is 25.7 Å². The van der Waals surface area contributed by atoms with Gasteiger partial charge in [-0.25, -0.2) is 0 Å². The summed E-state index contributed by atoms with van der Waals surface area (Å²) in [5.74, 6) is -0.543. The molecule has 1 rings (SSSR count). The molecule has 1 atom stereocenters. The standard InChI is InChI=1S/C19H34O2/c1-3-5-7-8-12-16-19(18(20)21,15-11-6-4-2)17-13-9-10-14-17/h12,16-17H,3-11,13-15H2,1-2H3,(H,20,21)/p-1/b16-12+. The van der Waals surface area contributed by atoms with Crippen molar-refractivity contribution < 1.29 is 9.90 Å². The lowest BCUT2D eigenvalue weighted by atomic mass is 9.70. The van der Waals surface area contributed by atoms with Gasteiger partial charge in [-0.3, -0.25) is 0 Å². The second-order valence-corrected chi connectivity index (χ2v) is 6.66. The fourth-order valence-corrected chi connectivity index (χ4v) is 3.67. The van der Waals surface area contributed by atoms with Crippen molar-refractivity contribution >= 4 is 5.97 Å². The maximum atomic E-state index is 12.0. The van der Waals surface area contributed by atoms with Crippen LogP contribution >= 0.6 is 0 Å². The second-order valence-electron chi connectivity index (χ2n) is 6.66. The van der Waals surface area contributed by atoms with Crippen LogP contribution in [0.1, 0.15) is 90.9 Å². The van der Waals surface area contributed by atoms with E-state index in [0.29, 0.717) is 5.92 Å². The van der Waals surface area contributed by atoms with E-state index in [4.69, 9.17) is 0 Å². The summed E-state index contributed by atoms with van der Waals surface area (Å²) >= 11 is 0. The molecule has 0 spiro atoms. The van der Waals surface area contributed by atoms with Gasteiger partial charge in [-0.2, -0.15) is 0 Å². The Hall–Kier alpha value is -0.790. The van der Waals surface area contributed by atoms with Crippen molar-refractivity contribution in [2.24, 2.45) is 11.3 Å². The second kappa shape index (κ2) is 10.0. The van der Waals surface area contributed by atoms with Gasteiger partial charge in [-0.15, -0.1) is 0 Å². The van der Waals surface area contributed by atoms with Crippen LogP contribution in [0, 0.1) is 11.3 Å². The van der Waals surface area contributed by atoms with Crippen LogP contribution in [0.25, 0.3) is 0 Å². The Morgan fingerprint density at radius 3 is 2.29 bits per heavy atom. The summed E-state index contributed by atoms with van der Waals surface area (Å²) in [6.07, 6.45) is 17.2. The van der Waals surface area contributed by atoms with E-state index in [1.807, 2.05) is 6.08 Å². The van der Waals surface area contributed by atoms with Crippen molar-refractivity contribution in [1.29, 1.82) is 0 Å². The van der Waals surface area contributed by atoms with Gasteiger partial charge in [0.15, 0.2) is 0 Å². The molecule has 21 heavy (non-hydrogen) atoms. The number of carbonyl (C=O) groups is 1. The van der Waals surface area contributed by atoms with Crippen LogP contribution < -0.4 is 5.11 Å². The minimum atomic E-state index is -0.836. The Morgan fingerprint density at radius 2 is 1.71 bits per heavy atom. The first-order valence-corrected chi connectivity index (χ1v) is 9.06. The van der Waals surface area contributed by atoms with Gasteiger partial charge >= 0.3 is 0 Å². The molecule has 0 amide bonds. The van der Waals surface area contributed by atoms with Gasteiger partial charge in [0.25, 0.3) is 0 Å². The zero-order valence-electron chi connectivity index (χ0n) is 14.0. The van der Waals surface area contributed by atoms with E-state index in [-0.39, 0.29) is 0 Å². The first kappa shape index (κ1) is 18.3. The molecule has 0 N–H and O–H groups in total. The number of unbranched alkanes of at least 4 members (excludes halogenated alkanes) is 5. The van der Waals surface area contributed by atoms with Crippen molar-refractivity contribution in [1.82, 2.24) is 0 Å². The molecule has 0 saturated heterocycles. The molecule has 2 nitrogen and oxygen atoms in total. The number of carboxylic acids is 1. The molecular formula is C19H33O2-. The predicted octanol–water partition coefficient (Wildman–Crippen LogP) is 4.63. The summed E-state index contributed by atoms with van der Waals surface area (Å²) in [6, 6.07) is 0. The van der Waals surface area contributed by atoms with Gasteiger partial charge < -0.3 is 9.90 Å². The lowest BCUT2D eigenvalue weighted by molar-refractivity contribution is -0.319. The van der Waals surface area contributed by atoms with Crippen LogP contribution in [0.15, 0.2) is 12.2 Å². The average molecular weight is 293 g/mol. The van der Waals surface area contributed by atoms with Gasteiger partial charge in [0.1, 0.15) is 0 Å². The van der Waals surface area contributed by atoms with Crippen molar-refractivity contribution in [2.75, 3.05) is 0 Å². The van der Waals surface area contributed by atoms with Crippen LogP contribution in [0.4, 0.5) is 0 Å². The summed E-state index contributed by atoms with van der Waals surface area (Å²) < 4.78 is 0. The number of carboxylic acid groups (broad SMARTS) is 1. The number of rotatable bonds is 11. The molecule has 1 unspecified atom stereocenters. The van der Waals surface area contributed by atoms with E-state index in [9.17, 15) is 9.90 Å². The Bertz CT molecular complexity index is 316. The monoisotopic (exact) mass is 293 g/mol. The van der Waals surface area contributed by atoms with E-state index in [0.717, 1.165) is 51.4 Å². The van der Waals surface area contributed by atoms with Crippen LogP contribution in [0.3, 0.4) is 0 Å². The van der Waals surface area contributed by atoms with E-state index >= 15 is 0 Å². The van der Waals surface area contributed by atoms with Crippen molar-refractivity contribution in [3.8, 4) is 0 Å². The average Bonchev–Trinajstić information content (AvgIpc) is 2.99. The molecule has 0 aromatic carbocycles. The number of allylic oxidation sites excluding steroid dienone is 1. The zero-order chi connectivity index (χ0) is 15.6. The van der Waals surface area contributed by atoms with Crippen molar-refractivity contribution in [3.05, 3.63) is 12.2 Å². The van der Waals surface area contributed by atoms with Crippen LogP contribution in [-0.4, -0.2) is 5.97 Å². The lowest BCUT2D eigenvalue weighted by Crippen LogP contribution is -2.45. The molecule has 1 aliphatic rings. The van der Waals surface area contributed by atoms with Gasteiger partial charge in [-0.1, -0.05) is 70.9 Å². The molecule has 2 heteroatoms. The fraction of sp³-hybridized carbons (Fsp3) is 0.842. The minimum absolute atomic E-state index is 0.293. The smallest absolute Gasteiger partial charge is 0.0516 e. The maximum absolute atomic E-state index is 12.0. The van der Waals surface area contributed by atoms with E-state index < -0.39 is 11.4 Å². The number of aliphatic carboxylic acids is 1. The summed E-state index contributed by atoms with van der Waals surface area (Å²) in [4.78, 5) is 12.0. The molecule has 0 bridgehead atoms. The van der Waals surface area contributed by atoms with Gasteiger partial charge in [0, 0.05) is 5.41 Å². The normalized spacial score (nSPS) is 19.1. The number of hydrogen-bond acceptors (Lipinski definition) is 2. The van der Waals surface area contributed by atoms with Crippen LogP contribution in [0.2, 0.25) is 0 Å². The SMILES string of the molecule is CCCCC/C=C/C(CCCCC)(C(=O)[O-])C1CCCC1. The first-order chi connectivity index (χ1) is 10.2. The Kier molecular flexibility index (Phi) is 8.72. The number of carbonyl (C=O) groups excluding carboxylic acids is 1. The number of hydrogen-bond donors (Lipinski definition) is 0. The van der Waals surface area contributed by atoms with Gasteiger partial charge in [-0.05, 0) is 38.0 Å². The van der Waals surface area contributed by atoms with E-state index in [1.54, 1.807) is 0 Å². The minimum Gasteiger partial charge on any atom is -0.549 e. The van der Waals surface area contributed by atoms with Gasteiger partial charge in [0.2, 0.25) is 0 Å². The molecule has 0 aromatic rings. The molecule has 1 aliphatic carbocycles. The molecule has 122 valence electrons. The van der Waals surface area contributed by atoms with Crippen LogP contribution in [0.5, 0.6) is 0 Å². The Labute approximate surface area is 131 Å². The third-order valence-corrected chi connectivity index (χ3v) is 5.05. The van der Waals surface area contributed by atoms with Gasteiger partial charge in [0.05, 0.1) is 5.97 Å². The highest BCUT2D eigenvalue weighted by molar-refractivity contribution is 5.75. The Morgan fingerprint density at radius 1 is 1.10 bits per heavy atom. The third kappa shape index (κ3) is 5.48. The molecule has 1 fully saturated rings. The summed E-state index contributed by atoms with van der Waals surface area (Å²) in [5, 5.41) is 12.0. The third-order valence-electron chi connectivity index (χ3n) is 5.05. The molecule has 0 radical (unpaired) electrons. The Balaban J connectivity index is 2.75. The lowest BCUT2D eigenvalue weighted by Gasteiger charge is -2.38. The highest BCUT2D eigenvalue weighted by atomic mass is 16.4.